The summed E-state index contributed by atoms with van der Waals surface area (Å²) in [4.78, 5) is 24.5. The van der Waals surface area contributed by atoms with E-state index in [1.54, 1.807) is 11.8 Å². The molecule has 2 aromatic heterocycles. The molecule has 3 aliphatic heterocycles. The fourth-order valence-electron chi connectivity index (χ4n) is 5.42. The number of aromatic nitrogens is 2. The average Bonchev–Trinajstić information content (AvgIpc) is 2.93. The van der Waals surface area contributed by atoms with E-state index in [1.165, 1.54) is 0 Å². The highest BCUT2D eigenvalue weighted by atomic mass is 19.1. The first-order valence-corrected chi connectivity index (χ1v) is 9.95. The van der Waals surface area contributed by atoms with Crippen molar-refractivity contribution in [3.63, 3.8) is 0 Å². The topological polar surface area (TPSA) is 99.0 Å². The number of fused-ring (bicyclic) bond motifs is 5. The van der Waals surface area contributed by atoms with E-state index in [1.807, 2.05) is 6.92 Å². The minimum atomic E-state index is -0.918. The summed E-state index contributed by atoms with van der Waals surface area (Å²) in [6, 6.07) is -0.606. The number of pyridine rings is 2. The highest BCUT2D eigenvalue weighted by Crippen LogP contribution is 2.45. The molecule has 5 rings (SSSR count). The molecule has 4 atom stereocenters. The number of carbonyl (C=O) groups is 1. The van der Waals surface area contributed by atoms with Crippen LogP contribution >= 0.6 is 0 Å². The van der Waals surface area contributed by atoms with Crippen molar-refractivity contribution in [2.75, 3.05) is 18.1 Å². The van der Waals surface area contributed by atoms with Crippen LogP contribution in [0.3, 0.4) is 0 Å². The molecule has 2 aromatic rings. The van der Waals surface area contributed by atoms with Crippen LogP contribution in [0.2, 0.25) is 0 Å². The molecule has 5 heterocycles. The van der Waals surface area contributed by atoms with Gasteiger partial charge in [-0.15, -0.1) is 0 Å². The number of ether oxygens (including phenoxy) is 1. The van der Waals surface area contributed by atoms with E-state index in [9.17, 15) is 19.4 Å². The van der Waals surface area contributed by atoms with Crippen molar-refractivity contribution < 1.29 is 24.1 Å². The molecule has 2 bridgehead atoms. The molecule has 9 heteroatoms. The Morgan fingerprint density at radius 2 is 2.17 bits per heavy atom. The summed E-state index contributed by atoms with van der Waals surface area (Å²) < 4.78 is 21.0. The summed E-state index contributed by atoms with van der Waals surface area (Å²) >= 11 is 0. The molecule has 0 radical (unpaired) electrons. The van der Waals surface area contributed by atoms with Gasteiger partial charge in [0.2, 0.25) is 5.88 Å². The number of rotatable bonds is 2. The van der Waals surface area contributed by atoms with Gasteiger partial charge in [-0.1, -0.05) is 0 Å². The Labute approximate surface area is 166 Å². The normalized spacial score (nSPS) is 27.6. The van der Waals surface area contributed by atoms with Crippen molar-refractivity contribution in [3.05, 3.63) is 23.3 Å². The number of hydrogen-bond acceptors (Lipinski definition) is 6. The number of nitrogens with zero attached hydrogens (tertiary/aromatic N) is 4. The van der Waals surface area contributed by atoms with Crippen LogP contribution in [0.4, 0.5) is 15.0 Å². The van der Waals surface area contributed by atoms with Gasteiger partial charge in [0.05, 0.1) is 29.7 Å². The maximum atomic E-state index is 14.9. The van der Waals surface area contributed by atoms with E-state index in [0.29, 0.717) is 46.7 Å². The number of carboxylic acid groups (broad SMARTS) is 1. The molecule has 0 spiro atoms. The minimum Gasteiger partial charge on any atom is -0.472 e. The van der Waals surface area contributed by atoms with Gasteiger partial charge in [-0.25, -0.2) is 19.2 Å². The standard InChI is InChI=1S/C20H23FN4O4/c1-9-13(5-6-26)23-18-16-15(9)12(21)7-22-19(16)29-10(2)17-14-4-3-11(8-24(17)18)25(14)20(27)28/h7,10-11,14,17,26H,3-6,8H2,1-2H3,(H,27,28). The lowest BCUT2D eigenvalue weighted by molar-refractivity contribution is 0.0707. The molecule has 8 nitrogen and oxygen atoms in total. The molecule has 2 fully saturated rings. The molecule has 3 aliphatic rings. The number of hydrogen-bond donors (Lipinski definition) is 2. The van der Waals surface area contributed by atoms with Crippen molar-refractivity contribution >= 4 is 22.7 Å². The highest BCUT2D eigenvalue weighted by molar-refractivity contribution is 5.99. The molecular weight excluding hydrogens is 379 g/mol. The number of aryl methyl sites for hydroxylation is 1. The lowest BCUT2D eigenvalue weighted by Gasteiger charge is -2.47. The van der Waals surface area contributed by atoms with E-state index in [4.69, 9.17) is 9.72 Å². The third-order valence-corrected chi connectivity index (χ3v) is 6.60. The Morgan fingerprint density at radius 1 is 1.38 bits per heavy atom. The van der Waals surface area contributed by atoms with E-state index in [-0.39, 0.29) is 30.8 Å². The molecule has 2 N–H and O–H groups in total. The third kappa shape index (κ3) is 2.49. The average molecular weight is 402 g/mol. The minimum absolute atomic E-state index is 0.0906. The monoisotopic (exact) mass is 402 g/mol. The fraction of sp³-hybridized carbons (Fsp3) is 0.550. The second-order valence-corrected chi connectivity index (χ2v) is 8.10. The summed E-state index contributed by atoms with van der Waals surface area (Å²) in [5, 5.41) is 20.2. The van der Waals surface area contributed by atoms with Gasteiger partial charge in [0.25, 0.3) is 0 Å². The van der Waals surface area contributed by atoms with Crippen molar-refractivity contribution in [2.24, 2.45) is 0 Å². The predicted octanol–water partition coefficient (Wildman–Crippen LogP) is 2.09. The van der Waals surface area contributed by atoms with Crippen LogP contribution < -0.4 is 9.64 Å². The smallest absolute Gasteiger partial charge is 0.407 e. The van der Waals surface area contributed by atoms with Crippen LogP contribution in [-0.4, -0.2) is 68.6 Å². The first-order chi connectivity index (χ1) is 13.9. The van der Waals surface area contributed by atoms with Gasteiger partial charge in [-0.3, -0.25) is 4.90 Å². The van der Waals surface area contributed by atoms with Crippen molar-refractivity contribution in [1.82, 2.24) is 14.9 Å². The fourth-order valence-corrected chi connectivity index (χ4v) is 5.42. The zero-order valence-corrected chi connectivity index (χ0v) is 16.3. The maximum absolute atomic E-state index is 14.9. The third-order valence-electron chi connectivity index (χ3n) is 6.60. The Hall–Kier alpha value is -2.68. The van der Waals surface area contributed by atoms with Gasteiger partial charge in [0.15, 0.2) is 0 Å². The molecule has 0 aromatic carbocycles. The molecule has 0 saturated carbocycles. The van der Waals surface area contributed by atoms with E-state index < -0.39 is 11.9 Å². The zero-order valence-electron chi connectivity index (χ0n) is 16.3. The van der Waals surface area contributed by atoms with Gasteiger partial charge in [0.1, 0.15) is 17.7 Å². The number of aliphatic hydroxyl groups excluding tert-OH is 1. The predicted molar refractivity (Wildman–Crippen MR) is 103 cm³/mol. The summed E-state index contributed by atoms with van der Waals surface area (Å²) in [5.41, 5.74) is 1.30. The van der Waals surface area contributed by atoms with Crippen LogP contribution in [0.25, 0.3) is 10.8 Å². The van der Waals surface area contributed by atoms with Crippen LogP contribution in [0.5, 0.6) is 5.88 Å². The second-order valence-electron chi connectivity index (χ2n) is 8.10. The first kappa shape index (κ1) is 18.4. The molecule has 2 saturated heterocycles. The Balaban J connectivity index is 1.76. The largest absolute Gasteiger partial charge is 0.472 e. The SMILES string of the molecule is Cc1c(CCO)nc2c3c(ncc(F)c13)OC(C)C1C3CCC(CN21)N3C(=O)O. The Kier molecular flexibility index (Phi) is 4.06. The van der Waals surface area contributed by atoms with Gasteiger partial charge >= 0.3 is 6.09 Å². The van der Waals surface area contributed by atoms with E-state index >= 15 is 0 Å². The van der Waals surface area contributed by atoms with Crippen LogP contribution in [0, 0.1) is 12.7 Å². The number of piperazine rings is 1. The van der Waals surface area contributed by atoms with Crippen molar-refractivity contribution in [2.45, 2.75) is 57.3 Å². The number of amides is 1. The molecule has 1 amide bonds. The maximum Gasteiger partial charge on any atom is 0.407 e. The quantitative estimate of drug-likeness (QED) is 0.794. The van der Waals surface area contributed by atoms with E-state index in [0.717, 1.165) is 19.0 Å². The first-order valence-electron chi connectivity index (χ1n) is 9.95. The summed E-state index contributed by atoms with van der Waals surface area (Å²) in [7, 11) is 0. The van der Waals surface area contributed by atoms with Gasteiger partial charge < -0.3 is 19.8 Å². The Morgan fingerprint density at radius 3 is 2.90 bits per heavy atom. The number of anilines is 1. The van der Waals surface area contributed by atoms with Crippen molar-refractivity contribution in [1.29, 1.82) is 0 Å². The molecule has 4 unspecified atom stereocenters. The molecule has 154 valence electrons. The van der Waals surface area contributed by atoms with Gasteiger partial charge in [-0.2, -0.15) is 0 Å². The highest BCUT2D eigenvalue weighted by Gasteiger charge is 2.52. The van der Waals surface area contributed by atoms with Crippen LogP contribution in [-0.2, 0) is 6.42 Å². The second kappa shape index (κ2) is 6.41. The lowest BCUT2D eigenvalue weighted by Crippen LogP contribution is -2.64. The molecular formula is C20H23FN4O4. The summed E-state index contributed by atoms with van der Waals surface area (Å²) in [6.45, 7) is 4.08. The van der Waals surface area contributed by atoms with Crippen molar-refractivity contribution in [3.8, 4) is 5.88 Å². The number of halogens is 1. The van der Waals surface area contributed by atoms with Crippen LogP contribution in [0.15, 0.2) is 6.20 Å². The van der Waals surface area contributed by atoms with E-state index in [2.05, 4.69) is 9.88 Å². The van der Waals surface area contributed by atoms with Gasteiger partial charge in [0, 0.05) is 30.7 Å². The molecule has 0 aliphatic carbocycles. The van der Waals surface area contributed by atoms with Crippen LogP contribution in [0.1, 0.15) is 31.0 Å². The summed E-state index contributed by atoms with van der Waals surface area (Å²) in [6.07, 6.45) is 1.74. The molecule has 29 heavy (non-hydrogen) atoms. The van der Waals surface area contributed by atoms with Gasteiger partial charge in [-0.05, 0) is 32.3 Å². The lowest BCUT2D eigenvalue weighted by atomic mass is 9.97. The zero-order chi connectivity index (χ0) is 20.4. The summed E-state index contributed by atoms with van der Waals surface area (Å²) in [5.74, 6) is 0.445. The number of aliphatic hydroxyl groups is 1. The Bertz CT molecular complexity index is 1020.